The molecule has 0 aromatic heterocycles. The molecule has 0 saturated heterocycles. The van der Waals surface area contributed by atoms with Crippen LogP contribution in [0.2, 0.25) is 0 Å². The van der Waals surface area contributed by atoms with Crippen LogP contribution in [-0.4, -0.2) is 16.5 Å². The van der Waals surface area contributed by atoms with E-state index in [1.54, 1.807) is 19.1 Å². The van der Waals surface area contributed by atoms with Gasteiger partial charge in [-0.05, 0) is 12.5 Å². The van der Waals surface area contributed by atoms with Crippen LogP contribution in [0.1, 0.15) is 18.1 Å². The van der Waals surface area contributed by atoms with E-state index in [4.69, 9.17) is 0 Å². The minimum Gasteiger partial charge on any atom is -0.273 e. The van der Waals surface area contributed by atoms with Gasteiger partial charge in [0.15, 0.2) is 0 Å². The average Bonchev–Trinajstić information content (AvgIpc) is 2.53. The molecular formula is C16H15N3O3. The van der Waals surface area contributed by atoms with Gasteiger partial charge in [-0.3, -0.25) is 14.9 Å². The highest BCUT2D eigenvalue weighted by Crippen LogP contribution is 2.13. The molecule has 0 bridgehead atoms. The molecular weight excluding hydrogens is 282 g/mol. The van der Waals surface area contributed by atoms with E-state index in [1.165, 1.54) is 12.1 Å². The number of benzene rings is 2. The fourth-order valence-electron chi connectivity index (χ4n) is 1.88. The largest absolute Gasteiger partial charge is 0.273 e. The van der Waals surface area contributed by atoms with Crippen LogP contribution in [-0.2, 0) is 11.2 Å². The van der Waals surface area contributed by atoms with Crippen molar-refractivity contribution in [2.24, 2.45) is 5.10 Å². The molecule has 112 valence electrons. The maximum absolute atomic E-state index is 11.8. The quantitative estimate of drug-likeness (QED) is 0.523. The third-order valence-corrected chi connectivity index (χ3v) is 3.03. The molecule has 0 heterocycles. The number of hydrogen-bond donors (Lipinski definition) is 1. The summed E-state index contributed by atoms with van der Waals surface area (Å²) in [7, 11) is 0. The summed E-state index contributed by atoms with van der Waals surface area (Å²) < 4.78 is 0. The lowest BCUT2D eigenvalue weighted by atomic mass is 10.1. The Morgan fingerprint density at radius 1 is 1.18 bits per heavy atom. The van der Waals surface area contributed by atoms with Gasteiger partial charge in [-0.1, -0.05) is 42.5 Å². The highest BCUT2D eigenvalue weighted by atomic mass is 16.6. The van der Waals surface area contributed by atoms with Crippen LogP contribution in [0, 0.1) is 10.1 Å². The number of non-ortho nitro benzene ring substituents is 1. The Kier molecular flexibility index (Phi) is 4.98. The van der Waals surface area contributed by atoms with Gasteiger partial charge < -0.3 is 0 Å². The normalized spacial score (nSPS) is 11.0. The summed E-state index contributed by atoms with van der Waals surface area (Å²) >= 11 is 0. The summed E-state index contributed by atoms with van der Waals surface area (Å²) in [5.41, 5.74) is 4.43. The smallest absolute Gasteiger partial charge is 0.270 e. The Morgan fingerprint density at radius 3 is 2.59 bits per heavy atom. The highest BCUT2D eigenvalue weighted by molar-refractivity contribution is 5.99. The number of nitrogens with one attached hydrogen (secondary N) is 1. The fraction of sp³-hybridized carbons (Fsp3) is 0.125. The van der Waals surface area contributed by atoms with Crippen molar-refractivity contribution < 1.29 is 9.72 Å². The predicted octanol–water partition coefficient (Wildman–Crippen LogP) is 2.68. The van der Waals surface area contributed by atoms with Crippen LogP contribution in [0.3, 0.4) is 0 Å². The first-order valence-corrected chi connectivity index (χ1v) is 6.68. The van der Waals surface area contributed by atoms with Gasteiger partial charge in [-0.25, -0.2) is 5.43 Å². The van der Waals surface area contributed by atoms with E-state index in [-0.39, 0.29) is 18.0 Å². The first-order chi connectivity index (χ1) is 10.6. The minimum atomic E-state index is -0.467. The summed E-state index contributed by atoms with van der Waals surface area (Å²) in [4.78, 5) is 22.1. The number of carbonyl (C=O) groups excluding carboxylic acids is 1. The molecule has 2 rings (SSSR count). The summed E-state index contributed by atoms with van der Waals surface area (Å²) in [5.74, 6) is -0.240. The second-order valence-electron chi connectivity index (χ2n) is 4.70. The number of nitro benzene ring substituents is 1. The molecule has 0 spiro atoms. The molecule has 0 aliphatic heterocycles. The fourth-order valence-corrected chi connectivity index (χ4v) is 1.88. The Labute approximate surface area is 127 Å². The van der Waals surface area contributed by atoms with E-state index < -0.39 is 4.92 Å². The van der Waals surface area contributed by atoms with Crippen LogP contribution in [0.15, 0.2) is 59.7 Å². The number of carbonyl (C=O) groups is 1. The van der Waals surface area contributed by atoms with E-state index in [1.807, 2.05) is 30.3 Å². The van der Waals surface area contributed by atoms with Crippen molar-refractivity contribution in [2.75, 3.05) is 0 Å². The Bertz CT molecular complexity index is 712. The van der Waals surface area contributed by atoms with Gasteiger partial charge in [-0.2, -0.15) is 5.10 Å². The van der Waals surface area contributed by atoms with Crippen molar-refractivity contribution >= 4 is 17.3 Å². The highest BCUT2D eigenvalue weighted by Gasteiger charge is 2.08. The van der Waals surface area contributed by atoms with E-state index in [0.29, 0.717) is 11.3 Å². The van der Waals surface area contributed by atoms with Gasteiger partial charge in [0.25, 0.3) is 5.69 Å². The van der Waals surface area contributed by atoms with Gasteiger partial charge in [0.2, 0.25) is 5.91 Å². The molecule has 0 fully saturated rings. The molecule has 0 aliphatic rings. The van der Waals surface area contributed by atoms with Gasteiger partial charge in [0, 0.05) is 17.7 Å². The number of nitrogens with zero attached hydrogens (tertiary/aromatic N) is 2. The lowest BCUT2D eigenvalue weighted by molar-refractivity contribution is -0.384. The zero-order valence-electron chi connectivity index (χ0n) is 12.0. The van der Waals surface area contributed by atoms with Crippen LogP contribution < -0.4 is 5.43 Å². The van der Waals surface area contributed by atoms with E-state index in [2.05, 4.69) is 10.5 Å². The molecule has 0 atom stereocenters. The monoisotopic (exact) mass is 297 g/mol. The molecule has 2 aromatic rings. The zero-order chi connectivity index (χ0) is 15.9. The molecule has 1 N–H and O–H groups in total. The number of amides is 1. The first kappa shape index (κ1) is 15.4. The average molecular weight is 297 g/mol. The molecule has 0 aliphatic carbocycles. The second kappa shape index (κ2) is 7.12. The van der Waals surface area contributed by atoms with Crippen LogP contribution in [0.25, 0.3) is 0 Å². The minimum absolute atomic E-state index is 0.0114. The molecule has 0 radical (unpaired) electrons. The molecule has 22 heavy (non-hydrogen) atoms. The SMILES string of the molecule is CC(=NNC(=O)Cc1ccccc1)c1cccc([N+](=O)[O-])c1. The van der Waals surface area contributed by atoms with Gasteiger partial charge in [0.1, 0.15) is 0 Å². The Hall–Kier alpha value is -3.02. The van der Waals surface area contributed by atoms with Gasteiger partial charge >= 0.3 is 0 Å². The first-order valence-electron chi connectivity index (χ1n) is 6.68. The summed E-state index contributed by atoms with van der Waals surface area (Å²) in [6.07, 6.45) is 0.229. The molecule has 0 unspecified atom stereocenters. The standard InChI is InChI=1S/C16H15N3O3/c1-12(14-8-5-9-15(11-14)19(21)22)17-18-16(20)10-13-6-3-2-4-7-13/h2-9,11H,10H2,1H3,(H,18,20). The van der Waals surface area contributed by atoms with Crippen molar-refractivity contribution in [1.29, 1.82) is 0 Å². The van der Waals surface area contributed by atoms with Crippen molar-refractivity contribution in [1.82, 2.24) is 5.43 Å². The second-order valence-corrected chi connectivity index (χ2v) is 4.70. The number of rotatable bonds is 5. The van der Waals surface area contributed by atoms with E-state index in [9.17, 15) is 14.9 Å². The number of nitro groups is 1. The van der Waals surface area contributed by atoms with Crippen molar-refractivity contribution in [2.45, 2.75) is 13.3 Å². The Morgan fingerprint density at radius 2 is 1.91 bits per heavy atom. The zero-order valence-corrected chi connectivity index (χ0v) is 12.0. The predicted molar refractivity (Wildman–Crippen MR) is 83.6 cm³/mol. The van der Waals surface area contributed by atoms with Gasteiger partial charge in [-0.15, -0.1) is 0 Å². The van der Waals surface area contributed by atoms with Crippen LogP contribution in [0.4, 0.5) is 5.69 Å². The molecule has 6 nitrogen and oxygen atoms in total. The number of hydrogen-bond acceptors (Lipinski definition) is 4. The van der Waals surface area contributed by atoms with E-state index >= 15 is 0 Å². The number of hydrazone groups is 1. The van der Waals surface area contributed by atoms with Crippen molar-refractivity contribution in [3.63, 3.8) is 0 Å². The molecule has 2 aromatic carbocycles. The van der Waals surface area contributed by atoms with Gasteiger partial charge in [0.05, 0.1) is 17.1 Å². The van der Waals surface area contributed by atoms with Crippen LogP contribution >= 0.6 is 0 Å². The topological polar surface area (TPSA) is 84.6 Å². The molecule has 6 heteroatoms. The third kappa shape index (κ3) is 4.24. The Balaban J connectivity index is 2.02. The summed E-state index contributed by atoms with van der Waals surface area (Å²) in [6.45, 7) is 1.68. The lowest BCUT2D eigenvalue weighted by Gasteiger charge is -2.03. The third-order valence-electron chi connectivity index (χ3n) is 3.03. The molecule has 1 amide bonds. The lowest BCUT2D eigenvalue weighted by Crippen LogP contribution is -2.21. The maximum Gasteiger partial charge on any atom is 0.270 e. The van der Waals surface area contributed by atoms with E-state index in [0.717, 1.165) is 5.56 Å². The van der Waals surface area contributed by atoms with Crippen LogP contribution in [0.5, 0.6) is 0 Å². The van der Waals surface area contributed by atoms with Crippen molar-refractivity contribution in [3.8, 4) is 0 Å². The maximum atomic E-state index is 11.8. The summed E-state index contributed by atoms with van der Waals surface area (Å²) in [5, 5.41) is 14.7. The summed E-state index contributed by atoms with van der Waals surface area (Å²) in [6, 6.07) is 15.4. The molecule has 0 saturated carbocycles. The van der Waals surface area contributed by atoms with Crippen molar-refractivity contribution in [3.05, 3.63) is 75.8 Å².